The van der Waals surface area contributed by atoms with Crippen molar-refractivity contribution < 1.29 is 13.2 Å². The summed E-state index contributed by atoms with van der Waals surface area (Å²) in [6, 6.07) is 12.2. The molecule has 0 aliphatic rings. The second kappa shape index (κ2) is 6.28. The predicted octanol–water partition coefficient (Wildman–Crippen LogP) is 3.97. The largest absolute Gasteiger partial charge is 0.497 e. The van der Waals surface area contributed by atoms with Gasteiger partial charge in [0.2, 0.25) is 0 Å². The molecule has 3 rings (SSSR count). The molecule has 0 amide bonds. The van der Waals surface area contributed by atoms with Gasteiger partial charge in [0, 0.05) is 19.5 Å². The van der Waals surface area contributed by atoms with Gasteiger partial charge in [-0.2, -0.15) is 0 Å². The Labute approximate surface area is 152 Å². The molecule has 0 saturated heterocycles. The molecule has 1 heterocycles. The van der Waals surface area contributed by atoms with Crippen molar-refractivity contribution in [2.45, 2.75) is 11.8 Å². The first-order valence-corrected chi connectivity index (χ1v) is 9.46. The Morgan fingerprint density at radius 2 is 1.76 bits per heavy atom. The minimum Gasteiger partial charge on any atom is -0.497 e. The number of sulfonamides is 1. The smallest absolute Gasteiger partial charge is 0.265 e. The third kappa shape index (κ3) is 2.85. The van der Waals surface area contributed by atoms with E-state index in [-0.39, 0.29) is 4.90 Å². The molecule has 5 nitrogen and oxygen atoms in total. The van der Waals surface area contributed by atoms with E-state index in [9.17, 15) is 8.42 Å². The van der Waals surface area contributed by atoms with Gasteiger partial charge in [-0.25, -0.2) is 8.42 Å². The van der Waals surface area contributed by atoms with Crippen molar-refractivity contribution in [2.24, 2.45) is 7.05 Å². The first kappa shape index (κ1) is 17.6. The highest BCUT2D eigenvalue weighted by atomic mass is 35.5. The van der Waals surface area contributed by atoms with E-state index in [0.29, 0.717) is 16.6 Å². The summed E-state index contributed by atoms with van der Waals surface area (Å²) in [5.74, 6) is 1.07. The Kier molecular flexibility index (Phi) is 4.43. The van der Waals surface area contributed by atoms with Gasteiger partial charge in [-0.15, -0.1) is 0 Å². The van der Waals surface area contributed by atoms with Gasteiger partial charge in [-0.1, -0.05) is 29.3 Å². The summed E-state index contributed by atoms with van der Waals surface area (Å²) in [4.78, 5) is 0.222. The van der Waals surface area contributed by atoms with Crippen LogP contribution >= 0.6 is 11.6 Å². The van der Waals surface area contributed by atoms with Crippen molar-refractivity contribution in [3.8, 4) is 5.75 Å². The molecule has 0 N–H and O–H groups in total. The summed E-state index contributed by atoms with van der Waals surface area (Å²) >= 11 is 6.52. The SMILES string of the molecule is COc1ccc2c(c1)c(Cl)c(N(C)S(=O)(=O)c1ccc(C)cc1)n2C. The number of aryl methyl sites for hydroxylation is 2. The maximum absolute atomic E-state index is 13.0. The molecule has 0 fully saturated rings. The van der Waals surface area contributed by atoms with Gasteiger partial charge in [0.15, 0.2) is 0 Å². The summed E-state index contributed by atoms with van der Waals surface area (Å²) in [6.07, 6.45) is 0. The van der Waals surface area contributed by atoms with Crippen LogP contribution in [0.1, 0.15) is 5.56 Å². The lowest BCUT2D eigenvalue weighted by Crippen LogP contribution is -2.28. The summed E-state index contributed by atoms with van der Waals surface area (Å²) in [5, 5.41) is 1.11. The molecule has 0 atom stereocenters. The lowest BCUT2D eigenvalue weighted by atomic mass is 10.2. The van der Waals surface area contributed by atoms with E-state index < -0.39 is 10.0 Å². The van der Waals surface area contributed by atoms with Gasteiger partial charge in [-0.05, 0) is 37.3 Å². The average molecular weight is 379 g/mol. The van der Waals surface area contributed by atoms with Crippen molar-refractivity contribution in [2.75, 3.05) is 18.5 Å². The fourth-order valence-electron chi connectivity index (χ4n) is 2.82. The number of aromatic nitrogens is 1. The van der Waals surface area contributed by atoms with Crippen molar-refractivity contribution in [3.63, 3.8) is 0 Å². The molecule has 7 heteroatoms. The number of benzene rings is 2. The zero-order valence-corrected chi connectivity index (χ0v) is 16.0. The summed E-state index contributed by atoms with van der Waals surface area (Å²) < 4.78 is 34.2. The standard InChI is InChI=1S/C18H19ClN2O3S/c1-12-5-8-14(9-6-12)25(22,23)21(3)18-17(19)15-11-13(24-4)7-10-16(15)20(18)2/h5-11H,1-4H3. The molecular weight excluding hydrogens is 360 g/mol. The third-order valence-electron chi connectivity index (χ3n) is 4.29. The van der Waals surface area contributed by atoms with Gasteiger partial charge < -0.3 is 9.30 Å². The molecule has 0 radical (unpaired) electrons. The van der Waals surface area contributed by atoms with Gasteiger partial charge >= 0.3 is 0 Å². The predicted molar refractivity (Wildman–Crippen MR) is 101 cm³/mol. The minimum absolute atomic E-state index is 0.222. The van der Waals surface area contributed by atoms with Crippen LogP contribution in [0.5, 0.6) is 5.75 Å². The molecule has 0 aliphatic carbocycles. The molecule has 132 valence electrons. The Morgan fingerprint density at radius 3 is 2.36 bits per heavy atom. The van der Waals surface area contributed by atoms with Crippen LogP contribution in [0.2, 0.25) is 5.02 Å². The lowest BCUT2D eigenvalue weighted by Gasteiger charge is -2.20. The summed E-state index contributed by atoms with van der Waals surface area (Å²) in [5.41, 5.74) is 1.82. The number of hydrogen-bond donors (Lipinski definition) is 0. The first-order chi connectivity index (χ1) is 11.8. The topological polar surface area (TPSA) is 51.5 Å². The number of ether oxygens (including phenoxy) is 1. The number of hydrogen-bond acceptors (Lipinski definition) is 3. The molecule has 25 heavy (non-hydrogen) atoms. The van der Waals surface area contributed by atoms with Crippen LogP contribution in [-0.4, -0.2) is 27.1 Å². The van der Waals surface area contributed by atoms with Gasteiger partial charge in [-0.3, -0.25) is 4.31 Å². The minimum atomic E-state index is -3.72. The van der Waals surface area contributed by atoms with E-state index in [1.165, 1.54) is 11.4 Å². The Bertz CT molecular complexity index is 1040. The van der Waals surface area contributed by atoms with E-state index in [2.05, 4.69) is 0 Å². The maximum Gasteiger partial charge on any atom is 0.265 e. The fraction of sp³-hybridized carbons (Fsp3) is 0.222. The zero-order chi connectivity index (χ0) is 18.4. The van der Waals surface area contributed by atoms with Crippen LogP contribution in [-0.2, 0) is 17.1 Å². The molecule has 2 aromatic carbocycles. The highest BCUT2D eigenvalue weighted by Crippen LogP contribution is 2.39. The van der Waals surface area contributed by atoms with Crippen molar-refractivity contribution in [3.05, 3.63) is 53.1 Å². The van der Waals surface area contributed by atoms with Crippen molar-refractivity contribution in [1.29, 1.82) is 0 Å². The fourth-order valence-corrected chi connectivity index (χ4v) is 4.52. The van der Waals surface area contributed by atoms with Gasteiger partial charge in [0.05, 0.1) is 22.5 Å². The Morgan fingerprint density at radius 1 is 1.12 bits per heavy atom. The van der Waals surface area contributed by atoms with E-state index in [1.807, 2.05) is 19.1 Å². The third-order valence-corrected chi connectivity index (χ3v) is 6.43. The van der Waals surface area contributed by atoms with Gasteiger partial charge in [0.25, 0.3) is 10.0 Å². The number of methoxy groups -OCH3 is 1. The normalized spacial score (nSPS) is 11.7. The quantitative estimate of drug-likeness (QED) is 0.690. The second-order valence-electron chi connectivity index (χ2n) is 5.87. The van der Waals surface area contributed by atoms with Gasteiger partial charge in [0.1, 0.15) is 11.6 Å². The molecular formula is C18H19ClN2O3S. The number of rotatable bonds is 4. The second-order valence-corrected chi connectivity index (χ2v) is 8.21. The van der Waals surface area contributed by atoms with Crippen molar-refractivity contribution >= 4 is 38.3 Å². The zero-order valence-electron chi connectivity index (χ0n) is 14.4. The van der Waals surface area contributed by atoms with Crippen LogP contribution in [0.15, 0.2) is 47.4 Å². The summed E-state index contributed by atoms with van der Waals surface area (Å²) in [7, 11) is 1.15. The molecule has 1 aromatic heterocycles. The van der Waals surface area contributed by atoms with E-state index in [4.69, 9.17) is 16.3 Å². The number of fused-ring (bicyclic) bond motifs is 1. The lowest BCUT2D eigenvalue weighted by molar-refractivity contribution is 0.415. The highest BCUT2D eigenvalue weighted by Gasteiger charge is 2.27. The summed E-state index contributed by atoms with van der Waals surface area (Å²) in [6.45, 7) is 1.91. The molecule has 0 saturated carbocycles. The maximum atomic E-state index is 13.0. The van der Waals surface area contributed by atoms with E-state index in [1.54, 1.807) is 49.1 Å². The van der Waals surface area contributed by atoms with E-state index in [0.717, 1.165) is 16.5 Å². The molecule has 0 spiro atoms. The number of nitrogens with zero attached hydrogens (tertiary/aromatic N) is 2. The van der Waals surface area contributed by atoms with Crippen LogP contribution in [0, 0.1) is 6.92 Å². The van der Waals surface area contributed by atoms with E-state index >= 15 is 0 Å². The highest BCUT2D eigenvalue weighted by molar-refractivity contribution is 7.92. The van der Waals surface area contributed by atoms with Crippen LogP contribution in [0.4, 0.5) is 5.82 Å². The van der Waals surface area contributed by atoms with Crippen LogP contribution < -0.4 is 9.04 Å². The number of halogens is 1. The Balaban J connectivity index is 2.16. The van der Waals surface area contributed by atoms with Crippen LogP contribution in [0.3, 0.4) is 0 Å². The molecule has 0 unspecified atom stereocenters. The molecule has 0 aliphatic heterocycles. The molecule has 3 aromatic rings. The van der Waals surface area contributed by atoms with Crippen molar-refractivity contribution in [1.82, 2.24) is 4.57 Å². The number of anilines is 1. The first-order valence-electron chi connectivity index (χ1n) is 7.65. The Hall–Kier alpha value is -2.18. The van der Waals surface area contributed by atoms with Crippen LogP contribution in [0.25, 0.3) is 10.9 Å². The average Bonchev–Trinajstić information content (AvgIpc) is 2.85. The monoisotopic (exact) mass is 378 g/mol. The molecule has 0 bridgehead atoms.